The van der Waals surface area contributed by atoms with E-state index in [-0.39, 0.29) is 5.56 Å². The van der Waals surface area contributed by atoms with E-state index in [1.165, 1.54) is 4.68 Å². The van der Waals surface area contributed by atoms with Crippen LogP contribution in [0.3, 0.4) is 0 Å². The molecule has 4 heteroatoms. The molecule has 0 atom stereocenters. The van der Waals surface area contributed by atoms with Crippen molar-refractivity contribution in [3.05, 3.63) is 75.0 Å². The van der Waals surface area contributed by atoms with Crippen LogP contribution in [-0.2, 0) is 0 Å². The van der Waals surface area contributed by atoms with Crippen molar-refractivity contribution in [1.29, 1.82) is 0 Å². The van der Waals surface area contributed by atoms with Crippen molar-refractivity contribution >= 4 is 11.6 Å². The molecule has 3 nitrogen and oxygen atoms in total. The van der Waals surface area contributed by atoms with E-state index in [0.29, 0.717) is 10.6 Å². The minimum absolute atomic E-state index is 0.0613. The first-order chi connectivity index (χ1) is 10.1. The molecule has 3 aromatic rings. The summed E-state index contributed by atoms with van der Waals surface area (Å²) in [7, 11) is 0. The van der Waals surface area contributed by atoms with Crippen molar-refractivity contribution in [2.45, 2.75) is 13.8 Å². The lowest BCUT2D eigenvalue weighted by atomic mass is 10.1. The number of benzene rings is 2. The van der Waals surface area contributed by atoms with E-state index in [2.05, 4.69) is 5.10 Å². The fraction of sp³-hybridized carbons (Fsp3) is 0.118. The molecule has 0 aliphatic heterocycles. The second kappa shape index (κ2) is 5.26. The summed E-state index contributed by atoms with van der Waals surface area (Å²) in [5.41, 5.74) is 4.17. The van der Waals surface area contributed by atoms with Gasteiger partial charge in [-0.25, -0.2) is 4.68 Å². The summed E-state index contributed by atoms with van der Waals surface area (Å²) in [5.74, 6) is 0. The van der Waals surface area contributed by atoms with E-state index in [1.54, 1.807) is 6.07 Å². The fourth-order valence-electron chi connectivity index (χ4n) is 2.31. The first-order valence-electron chi connectivity index (χ1n) is 6.71. The van der Waals surface area contributed by atoms with Crippen LogP contribution in [0, 0.1) is 13.8 Å². The Bertz CT molecular complexity index is 847. The Labute approximate surface area is 127 Å². The highest BCUT2D eigenvalue weighted by Gasteiger charge is 2.13. The van der Waals surface area contributed by atoms with E-state index in [4.69, 9.17) is 11.6 Å². The quantitative estimate of drug-likeness (QED) is 0.760. The third-order valence-electron chi connectivity index (χ3n) is 3.60. The first-order valence-corrected chi connectivity index (χ1v) is 7.09. The van der Waals surface area contributed by atoms with Crippen molar-refractivity contribution in [3.8, 4) is 16.9 Å². The maximum absolute atomic E-state index is 12.4. The Hall–Kier alpha value is -2.26. The van der Waals surface area contributed by atoms with Gasteiger partial charge in [0.05, 0.1) is 11.4 Å². The standard InChI is InChI=1S/C17H15ClN2O/c1-11-8-9-14(10-15(11)18)20-17(21)12(2)16(19-20)13-6-4-3-5-7-13/h3-10,19H,1-2H3. The zero-order chi connectivity index (χ0) is 15.0. The van der Waals surface area contributed by atoms with Gasteiger partial charge in [-0.1, -0.05) is 48.0 Å². The van der Waals surface area contributed by atoms with E-state index < -0.39 is 0 Å². The SMILES string of the molecule is Cc1ccc(-n2[nH]c(-c3ccccc3)c(C)c2=O)cc1Cl. The fourth-order valence-corrected chi connectivity index (χ4v) is 2.48. The van der Waals surface area contributed by atoms with Gasteiger partial charge in [0.2, 0.25) is 0 Å². The number of nitrogens with zero attached hydrogens (tertiary/aromatic N) is 1. The van der Waals surface area contributed by atoms with Gasteiger partial charge in [0.25, 0.3) is 5.56 Å². The summed E-state index contributed by atoms with van der Waals surface area (Å²) in [6.45, 7) is 3.76. The highest BCUT2D eigenvalue weighted by Crippen LogP contribution is 2.22. The molecule has 0 saturated carbocycles. The predicted octanol–water partition coefficient (Wildman–Crippen LogP) is 4.10. The normalized spacial score (nSPS) is 10.8. The van der Waals surface area contributed by atoms with E-state index in [1.807, 2.05) is 56.3 Å². The second-order valence-corrected chi connectivity index (χ2v) is 5.46. The van der Waals surface area contributed by atoms with Gasteiger partial charge >= 0.3 is 0 Å². The van der Waals surface area contributed by atoms with Gasteiger partial charge in [-0.15, -0.1) is 0 Å². The number of aromatic amines is 1. The van der Waals surface area contributed by atoms with Gasteiger partial charge < -0.3 is 0 Å². The van der Waals surface area contributed by atoms with Crippen LogP contribution in [0.2, 0.25) is 5.02 Å². The molecule has 106 valence electrons. The van der Waals surface area contributed by atoms with E-state index in [9.17, 15) is 4.79 Å². The van der Waals surface area contributed by atoms with Crippen molar-refractivity contribution in [2.24, 2.45) is 0 Å². The highest BCUT2D eigenvalue weighted by atomic mass is 35.5. The van der Waals surface area contributed by atoms with Gasteiger partial charge in [0, 0.05) is 10.6 Å². The van der Waals surface area contributed by atoms with Gasteiger partial charge in [-0.2, -0.15) is 0 Å². The molecule has 3 rings (SSSR count). The molecule has 0 radical (unpaired) electrons. The monoisotopic (exact) mass is 298 g/mol. The van der Waals surface area contributed by atoms with Crippen molar-refractivity contribution in [1.82, 2.24) is 9.78 Å². The zero-order valence-corrected chi connectivity index (χ0v) is 12.6. The molecule has 21 heavy (non-hydrogen) atoms. The van der Waals surface area contributed by atoms with Crippen LogP contribution in [0.25, 0.3) is 16.9 Å². The summed E-state index contributed by atoms with van der Waals surface area (Å²) < 4.78 is 1.53. The molecule has 0 fully saturated rings. The third-order valence-corrected chi connectivity index (χ3v) is 4.01. The minimum Gasteiger partial charge on any atom is -0.290 e. The average molecular weight is 299 g/mol. The van der Waals surface area contributed by atoms with Crippen molar-refractivity contribution < 1.29 is 0 Å². The van der Waals surface area contributed by atoms with Crippen LogP contribution in [0.5, 0.6) is 0 Å². The largest absolute Gasteiger partial charge is 0.290 e. The molecule has 0 aliphatic rings. The summed E-state index contributed by atoms with van der Waals surface area (Å²) in [6, 6.07) is 15.4. The maximum Gasteiger partial charge on any atom is 0.274 e. The van der Waals surface area contributed by atoms with Crippen LogP contribution in [0.4, 0.5) is 0 Å². The molecule has 0 spiro atoms. The van der Waals surface area contributed by atoms with E-state index in [0.717, 1.165) is 22.5 Å². The molecule has 0 aliphatic carbocycles. The number of aryl methyl sites for hydroxylation is 1. The molecule has 0 bridgehead atoms. The third kappa shape index (κ3) is 2.41. The summed E-state index contributed by atoms with van der Waals surface area (Å²) in [4.78, 5) is 12.4. The number of hydrogen-bond donors (Lipinski definition) is 1. The van der Waals surface area contributed by atoms with Crippen molar-refractivity contribution in [3.63, 3.8) is 0 Å². The number of halogens is 1. The lowest BCUT2D eigenvalue weighted by Gasteiger charge is -2.04. The number of hydrogen-bond acceptors (Lipinski definition) is 1. The van der Waals surface area contributed by atoms with Gasteiger partial charge in [-0.3, -0.25) is 9.89 Å². The molecule has 2 aromatic carbocycles. The van der Waals surface area contributed by atoms with Crippen LogP contribution >= 0.6 is 11.6 Å². The molecule has 1 aromatic heterocycles. The lowest BCUT2D eigenvalue weighted by molar-refractivity contribution is 0.850. The molecule has 0 amide bonds. The summed E-state index contributed by atoms with van der Waals surface area (Å²) >= 11 is 6.15. The molecule has 0 unspecified atom stereocenters. The molecular weight excluding hydrogens is 284 g/mol. The maximum atomic E-state index is 12.4. The Morgan fingerprint density at radius 1 is 1.05 bits per heavy atom. The van der Waals surface area contributed by atoms with Crippen LogP contribution in [0.15, 0.2) is 53.3 Å². The smallest absolute Gasteiger partial charge is 0.274 e. The van der Waals surface area contributed by atoms with Crippen LogP contribution in [-0.4, -0.2) is 9.78 Å². The first kappa shape index (κ1) is 13.7. The highest BCUT2D eigenvalue weighted by molar-refractivity contribution is 6.31. The lowest BCUT2D eigenvalue weighted by Crippen LogP contribution is -2.15. The molecule has 1 N–H and O–H groups in total. The van der Waals surface area contributed by atoms with Gasteiger partial charge in [-0.05, 0) is 37.1 Å². The van der Waals surface area contributed by atoms with Gasteiger partial charge in [0.15, 0.2) is 0 Å². The number of aromatic nitrogens is 2. The van der Waals surface area contributed by atoms with Crippen LogP contribution < -0.4 is 5.56 Å². The summed E-state index contributed by atoms with van der Waals surface area (Å²) in [6.07, 6.45) is 0. The number of rotatable bonds is 2. The Morgan fingerprint density at radius 2 is 1.76 bits per heavy atom. The number of nitrogens with one attached hydrogen (secondary N) is 1. The molecular formula is C17H15ClN2O. The number of H-pyrrole nitrogens is 1. The Morgan fingerprint density at radius 3 is 2.43 bits per heavy atom. The molecule has 1 heterocycles. The minimum atomic E-state index is -0.0613. The zero-order valence-electron chi connectivity index (χ0n) is 11.9. The van der Waals surface area contributed by atoms with Crippen LogP contribution in [0.1, 0.15) is 11.1 Å². The summed E-state index contributed by atoms with van der Waals surface area (Å²) in [5, 5.41) is 3.82. The molecule has 0 saturated heterocycles. The van der Waals surface area contributed by atoms with Gasteiger partial charge in [0.1, 0.15) is 0 Å². The topological polar surface area (TPSA) is 37.8 Å². The Balaban J connectivity index is 2.17. The van der Waals surface area contributed by atoms with E-state index >= 15 is 0 Å². The second-order valence-electron chi connectivity index (χ2n) is 5.05. The Kier molecular flexibility index (Phi) is 3.43. The average Bonchev–Trinajstić information content (AvgIpc) is 2.79. The van der Waals surface area contributed by atoms with Crippen molar-refractivity contribution in [2.75, 3.05) is 0 Å². The predicted molar refractivity (Wildman–Crippen MR) is 86.3 cm³/mol.